The number of anilines is 1. The Morgan fingerprint density at radius 1 is 1.27 bits per heavy atom. The Labute approximate surface area is 140 Å². The summed E-state index contributed by atoms with van der Waals surface area (Å²) in [5.74, 6) is -0.633. The van der Waals surface area contributed by atoms with Gasteiger partial charge in [0, 0.05) is 11.1 Å². The van der Waals surface area contributed by atoms with Crippen LogP contribution in [0.2, 0.25) is 10.0 Å². The van der Waals surface area contributed by atoms with Gasteiger partial charge < -0.3 is 14.8 Å². The maximum atomic E-state index is 11.9. The maximum absolute atomic E-state index is 11.9. The molecule has 2 aromatic rings. The van der Waals surface area contributed by atoms with E-state index < -0.39 is 11.9 Å². The van der Waals surface area contributed by atoms with Gasteiger partial charge in [-0.05, 0) is 23.6 Å². The second-order valence-corrected chi connectivity index (χ2v) is 5.83. The fraction of sp³-hybridized carbons (Fsp3) is 0.143. The van der Waals surface area contributed by atoms with Gasteiger partial charge >= 0.3 is 5.97 Å². The molecule has 1 aromatic carbocycles. The van der Waals surface area contributed by atoms with Crippen molar-refractivity contribution >= 4 is 52.1 Å². The summed E-state index contributed by atoms with van der Waals surface area (Å²) in [5.41, 5.74) is 0.377. The molecule has 0 saturated carbocycles. The fourth-order valence-corrected chi connectivity index (χ4v) is 2.68. The third-order valence-corrected chi connectivity index (χ3v) is 4.00. The average Bonchev–Trinajstić information content (AvgIpc) is 2.95. The zero-order valence-electron chi connectivity index (χ0n) is 11.4. The number of thiophene rings is 1. The largest absolute Gasteiger partial charge is 0.482 e. The van der Waals surface area contributed by atoms with Crippen LogP contribution in [0.5, 0.6) is 5.75 Å². The summed E-state index contributed by atoms with van der Waals surface area (Å²) in [7, 11) is 1.28. The van der Waals surface area contributed by atoms with Crippen molar-refractivity contribution in [2.24, 2.45) is 0 Å². The summed E-state index contributed by atoms with van der Waals surface area (Å²) < 4.78 is 9.95. The Bertz CT molecular complexity index is 702. The summed E-state index contributed by atoms with van der Waals surface area (Å²) in [6, 6.07) is 6.32. The first-order chi connectivity index (χ1) is 10.5. The number of benzene rings is 1. The maximum Gasteiger partial charge on any atom is 0.350 e. The molecule has 5 nitrogen and oxygen atoms in total. The summed E-state index contributed by atoms with van der Waals surface area (Å²) in [6.07, 6.45) is 0. The fourth-order valence-electron chi connectivity index (χ4n) is 1.58. The van der Waals surface area contributed by atoms with Gasteiger partial charge in [0.2, 0.25) is 0 Å². The average molecular weight is 360 g/mol. The van der Waals surface area contributed by atoms with Crippen LogP contribution in [0.25, 0.3) is 0 Å². The highest BCUT2D eigenvalue weighted by atomic mass is 35.5. The number of carbonyl (C=O) groups excluding carboxylic acids is 2. The molecule has 2 rings (SSSR count). The van der Waals surface area contributed by atoms with Crippen molar-refractivity contribution in [2.45, 2.75) is 0 Å². The second-order valence-electron chi connectivity index (χ2n) is 4.07. The molecule has 0 saturated heterocycles. The highest BCUT2D eigenvalue weighted by Crippen LogP contribution is 2.28. The molecule has 0 aliphatic rings. The van der Waals surface area contributed by atoms with E-state index in [-0.39, 0.29) is 6.61 Å². The molecule has 1 amide bonds. The summed E-state index contributed by atoms with van der Waals surface area (Å²) in [4.78, 5) is 23.7. The third-order valence-electron chi connectivity index (χ3n) is 2.56. The van der Waals surface area contributed by atoms with Crippen LogP contribution in [-0.4, -0.2) is 25.6 Å². The molecule has 8 heteroatoms. The lowest BCUT2D eigenvalue weighted by Crippen LogP contribution is -2.21. The lowest BCUT2D eigenvalue weighted by Gasteiger charge is -2.09. The van der Waals surface area contributed by atoms with Gasteiger partial charge in [0.15, 0.2) is 6.61 Å². The Hall–Kier alpha value is -1.76. The first-order valence-corrected chi connectivity index (χ1v) is 7.68. The molecule has 0 radical (unpaired) electrons. The molecular formula is C14H11Cl2NO4S. The van der Waals surface area contributed by atoms with Crippen LogP contribution in [0.15, 0.2) is 29.6 Å². The molecule has 116 valence electrons. The molecule has 22 heavy (non-hydrogen) atoms. The van der Waals surface area contributed by atoms with Crippen LogP contribution in [0.1, 0.15) is 9.67 Å². The van der Waals surface area contributed by atoms with E-state index in [2.05, 4.69) is 10.1 Å². The number of rotatable bonds is 5. The second kappa shape index (κ2) is 7.49. The van der Waals surface area contributed by atoms with Crippen LogP contribution in [-0.2, 0) is 9.53 Å². The van der Waals surface area contributed by atoms with Crippen LogP contribution in [0, 0.1) is 0 Å². The van der Waals surface area contributed by atoms with Crippen molar-refractivity contribution in [1.82, 2.24) is 0 Å². The Kier molecular flexibility index (Phi) is 5.65. The van der Waals surface area contributed by atoms with E-state index in [1.807, 2.05) is 0 Å². The third kappa shape index (κ3) is 4.13. The van der Waals surface area contributed by atoms with Crippen molar-refractivity contribution in [2.75, 3.05) is 19.0 Å². The summed E-state index contributed by atoms with van der Waals surface area (Å²) >= 11 is 12.9. The number of hydrogen-bond acceptors (Lipinski definition) is 5. The molecule has 0 atom stereocenters. The topological polar surface area (TPSA) is 64.6 Å². The van der Waals surface area contributed by atoms with E-state index >= 15 is 0 Å². The van der Waals surface area contributed by atoms with E-state index in [0.717, 1.165) is 0 Å². The van der Waals surface area contributed by atoms with Gasteiger partial charge in [-0.2, -0.15) is 0 Å². The van der Waals surface area contributed by atoms with E-state index in [4.69, 9.17) is 27.9 Å². The minimum atomic E-state index is -0.510. The molecule has 1 N–H and O–H groups in total. The van der Waals surface area contributed by atoms with Crippen molar-refractivity contribution in [3.8, 4) is 5.75 Å². The van der Waals surface area contributed by atoms with Gasteiger partial charge in [0.1, 0.15) is 10.6 Å². The van der Waals surface area contributed by atoms with Crippen LogP contribution < -0.4 is 10.1 Å². The number of ether oxygens (including phenoxy) is 2. The van der Waals surface area contributed by atoms with Gasteiger partial charge in [-0.3, -0.25) is 4.79 Å². The van der Waals surface area contributed by atoms with Crippen LogP contribution >= 0.6 is 34.5 Å². The minimum absolute atomic E-state index is 0.267. The van der Waals surface area contributed by atoms with Crippen molar-refractivity contribution in [3.05, 3.63) is 44.6 Å². The normalized spacial score (nSPS) is 10.1. The van der Waals surface area contributed by atoms with E-state index in [1.54, 1.807) is 23.6 Å². The molecule has 0 aliphatic heterocycles. The minimum Gasteiger partial charge on any atom is -0.482 e. The van der Waals surface area contributed by atoms with Gasteiger partial charge in [0.05, 0.1) is 17.8 Å². The number of methoxy groups -OCH3 is 1. The van der Waals surface area contributed by atoms with Gasteiger partial charge in [-0.25, -0.2) is 4.79 Å². The molecule has 0 bridgehead atoms. The lowest BCUT2D eigenvalue weighted by atomic mass is 10.3. The highest BCUT2D eigenvalue weighted by molar-refractivity contribution is 7.12. The molecule has 0 fully saturated rings. The molecule has 0 aliphatic carbocycles. The quantitative estimate of drug-likeness (QED) is 0.823. The van der Waals surface area contributed by atoms with Crippen molar-refractivity contribution in [3.63, 3.8) is 0 Å². The smallest absolute Gasteiger partial charge is 0.350 e. The Morgan fingerprint density at radius 2 is 2.05 bits per heavy atom. The molecule has 1 heterocycles. The van der Waals surface area contributed by atoms with E-state index in [1.165, 1.54) is 24.5 Å². The molecule has 0 spiro atoms. The monoisotopic (exact) mass is 359 g/mol. The number of nitrogens with one attached hydrogen (secondary N) is 1. The standard InChI is InChI=1S/C14H11Cl2NO4S/c1-20-14(19)13-10(4-5-22-13)17-12(18)7-21-11-6-8(15)2-3-9(11)16/h2-6H,7H2,1H3,(H,17,18). The summed E-state index contributed by atoms with van der Waals surface area (Å²) in [6.45, 7) is -0.267. The molecular weight excluding hydrogens is 349 g/mol. The predicted molar refractivity (Wildman–Crippen MR) is 86.2 cm³/mol. The number of esters is 1. The highest BCUT2D eigenvalue weighted by Gasteiger charge is 2.16. The van der Waals surface area contributed by atoms with Gasteiger partial charge in [-0.1, -0.05) is 23.2 Å². The van der Waals surface area contributed by atoms with Gasteiger partial charge in [-0.15, -0.1) is 11.3 Å². The van der Waals surface area contributed by atoms with E-state index in [9.17, 15) is 9.59 Å². The lowest BCUT2D eigenvalue weighted by molar-refractivity contribution is -0.118. The van der Waals surface area contributed by atoms with Crippen LogP contribution in [0.4, 0.5) is 5.69 Å². The predicted octanol–water partition coefficient (Wildman–Crippen LogP) is 3.86. The molecule has 0 unspecified atom stereocenters. The van der Waals surface area contributed by atoms with Gasteiger partial charge in [0.25, 0.3) is 5.91 Å². The van der Waals surface area contributed by atoms with E-state index in [0.29, 0.717) is 26.4 Å². The van der Waals surface area contributed by atoms with Crippen molar-refractivity contribution in [1.29, 1.82) is 0 Å². The number of carbonyl (C=O) groups is 2. The number of hydrogen-bond donors (Lipinski definition) is 1. The summed E-state index contributed by atoms with van der Waals surface area (Å²) in [5, 5.41) is 5.06. The van der Waals surface area contributed by atoms with Crippen molar-refractivity contribution < 1.29 is 19.1 Å². The Morgan fingerprint density at radius 3 is 2.77 bits per heavy atom. The Balaban J connectivity index is 1.98. The van der Waals surface area contributed by atoms with Crippen LogP contribution in [0.3, 0.4) is 0 Å². The first-order valence-electron chi connectivity index (χ1n) is 6.04. The first kappa shape index (κ1) is 16.6. The molecule has 1 aromatic heterocycles. The number of amides is 1. The zero-order chi connectivity index (χ0) is 16.1. The number of halogens is 2. The zero-order valence-corrected chi connectivity index (χ0v) is 13.7. The SMILES string of the molecule is COC(=O)c1sccc1NC(=O)COc1cc(Cl)ccc1Cl.